The second-order valence-electron chi connectivity index (χ2n) is 6.95. The van der Waals surface area contributed by atoms with Crippen LogP contribution < -0.4 is 20.3 Å². The molecule has 1 aliphatic heterocycles. The van der Waals surface area contributed by atoms with Crippen molar-refractivity contribution in [3.8, 4) is 0 Å². The number of aliphatic imine (C=N–C) groups is 1. The average molecular weight is 565 g/mol. The van der Waals surface area contributed by atoms with Crippen molar-refractivity contribution < 1.29 is 17.2 Å². The highest BCUT2D eigenvalue weighted by Gasteiger charge is 2.25. The van der Waals surface area contributed by atoms with Crippen molar-refractivity contribution in [2.45, 2.75) is 23.9 Å². The molecule has 0 radical (unpaired) electrons. The van der Waals surface area contributed by atoms with E-state index in [2.05, 4.69) is 20.3 Å². The van der Waals surface area contributed by atoms with Gasteiger partial charge in [0.2, 0.25) is 10.0 Å². The minimum atomic E-state index is -3.51. The van der Waals surface area contributed by atoms with Crippen molar-refractivity contribution in [2.24, 2.45) is 4.99 Å². The molecule has 3 rings (SSSR count). The second-order valence-corrected chi connectivity index (χ2v) is 8.84. The lowest BCUT2D eigenvalue weighted by Crippen LogP contribution is -2.44. The quantitative estimate of drug-likeness (QED) is 0.285. The van der Waals surface area contributed by atoms with Crippen molar-refractivity contribution in [1.29, 1.82) is 0 Å². The second kappa shape index (κ2) is 11.0. The van der Waals surface area contributed by atoms with Gasteiger partial charge < -0.3 is 15.5 Å². The first-order valence-corrected chi connectivity index (χ1v) is 11.0. The molecule has 1 unspecified atom stereocenters. The molecule has 2 aromatic carbocycles. The van der Waals surface area contributed by atoms with Crippen LogP contribution in [-0.2, 0) is 16.6 Å². The molecular weight excluding hydrogens is 539 g/mol. The number of halogens is 3. The maximum Gasteiger partial charge on any atom is 0.240 e. The van der Waals surface area contributed by atoms with Gasteiger partial charge in [0.25, 0.3) is 0 Å². The predicted molar refractivity (Wildman–Crippen MR) is 128 cm³/mol. The number of guanidine groups is 1. The van der Waals surface area contributed by atoms with Crippen LogP contribution in [0.5, 0.6) is 0 Å². The van der Waals surface area contributed by atoms with Gasteiger partial charge in [-0.3, -0.25) is 4.99 Å². The molecule has 0 aromatic heterocycles. The third-order valence-corrected chi connectivity index (χ3v) is 6.35. The zero-order valence-corrected chi connectivity index (χ0v) is 20.4. The highest BCUT2D eigenvalue weighted by molar-refractivity contribution is 14.0. The number of nitrogens with one attached hydrogen (secondary N) is 3. The zero-order chi connectivity index (χ0) is 21.7. The lowest BCUT2D eigenvalue weighted by molar-refractivity contribution is 0.580. The van der Waals surface area contributed by atoms with E-state index in [1.54, 1.807) is 19.2 Å². The molecule has 31 heavy (non-hydrogen) atoms. The molecule has 0 saturated carbocycles. The molecule has 0 spiro atoms. The Morgan fingerprint density at radius 2 is 2.00 bits per heavy atom. The summed E-state index contributed by atoms with van der Waals surface area (Å²) < 4.78 is 53.3. The van der Waals surface area contributed by atoms with Crippen LogP contribution in [0, 0.1) is 11.6 Å². The summed E-state index contributed by atoms with van der Waals surface area (Å²) in [4.78, 5) is 6.26. The first kappa shape index (κ1) is 25.3. The number of hydrogen-bond acceptors (Lipinski definition) is 4. The highest BCUT2D eigenvalue weighted by atomic mass is 127. The van der Waals surface area contributed by atoms with E-state index in [0.29, 0.717) is 31.3 Å². The molecule has 0 bridgehead atoms. The van der Waals surface area contributed by atoms with E-state index in [4.69, 9.17) is 0 Å². The molecule has 2 aromatic rings. The van der Waals surface area contributed by atoms with Gasteiger partial charge in [0.1, 0.15) is 11.6 Å². The van der Waals surface area contributed by atoms with E-state index < -0.39 is 21.7 Å². The van der Waals surface area contributed by atoms with Crippen molar-refractivity contribution in [2.75, 3.05) is 32.1 Å². The van der Waals surface area contributed by atoms with Crippen LogP contribution in [0.3, 0.4) is 0 Å². The van der Waals surface area contributed by atoms with Crippen LogP contribution in [-0.4, -0.2) is 47.6 Å². The molecule has 1 atom stereocenters. The predicted octanol–water partition coefficient (Wildman–Crippen LogP) is 2.43. The Labute approximate surface area is 198 Å². The number of hydrogen-bond donors (Lipinski definition) is 3. The van der Waals surface area contributed by atoms with Crippen LogP contribution in [0.25, 0.3) is 0 Å². The normalized spacial score (nSPS) is 16.7. The topological polar surface area (TPSA) is 85.8 Å². The SMILES string of the molecule is CN=C(NCc1cccc(S(=O)(=O)NC)c1)NC1CCN(c2ccc(F)cc2F)C1.I. The molecule has 1 fully saturated rings. The van der Waals surface area contributed by atoms with Crippen LogP contribution >= 0.6 is 24.0 Å². The van der Waals surface area contributed by atoms with E-state index in [-0.39, 0.29) is 34.9 Å². The fourth-order valence-electron chi connectivity index (χ4n) is 3.35. The van der Waals surface area contributed by atoms with Gasteiger partial charge in [-0.25, -0.2) is 21.9 Å². The summed E-state index contributed by atoms with van der Waals surface area (Å²) >= 11 is 0. The van der Waals surface area contributed by atoms with Crippen molar-refractivity contribution in [3.05, 3.63) is 59.7 Å². The van der Waals surface area contributed by atoms with Gasteiger partial charge in [-0.05, 0) is 43.3 Å². The number of anilines is 1. The van der Waals surface area contributed by atoms with Gasteiger partial charge >= 0.3 is 0 Å². The first-order valence-electron chi connectivity index (χ1n) is 9.52. The molecule has 170 valence electrons. The molecule has 0 amide bonds. The Bertz CT molecular complexity index is 1040. The van der Waals surface area contributed by atoms with Crippen LogP contribution in [0.15, 0.2) is 52.4 Å². The minimum Gasteiger partial charge on any atom is -0.367 e. The summed E-state index contributed by atoms with van der Waals surface area (Å²) in [5.74, 6) is -0.612. The molecule has 11 heteroatoms. The van der Waals surface area contributed by atoms with Crippen molar-refractivity contribution in [3.63, 3.8) is 0 Å². The molecular formula is C20H26F2IN5O2S. The van der Waals surface area contributed by atoms with E-state index >= 15 is 0 Å². The highest BCUT2D eigenvalue weighted by Crippen LogP contribution is 2.24. The van der Waals surface area contributed by atoms with E-state index in [9.17, 15) is 17.2 Å². The van der Waals surface area contributed by atoms with Gasteiger partial charge in [-0.2, -0.15) is 0 Å². The van der Waals surface area contributed by atoms with E-state index in [1.807, 2.05) is 11.0 Å². The van der Waals surface area contributed by atoms with Crippen LogP contribution in [0.1, 0.15) is 12.0 Å². The summed E-state index contributed by atoms with van der Waals surface area (Å²) in [6.45, 7) is 1.58. The van der Waals surface area contributed by atoms with E-state index in [0.717, 1.165) is 18.1 Å². The van der Waals surface area contributed by atoms with Crippen molar-refractivity contribution >= 4 is 45.6 Å². The molecule has 0 aliphatic carbocycles. The smallest absolute Gasteiger partial charge is 0.240 e. The van der Waals surface area contributed by atoms with Crippen LogP contribution in [0.4, 0.5) is 14.5 Å². The lowest BCUT2D eigenvalue weighted by atomic mass is 10.2. The third kappa shape index (κ3) is 6.50. The Morgan fingerprint density at radius 3 is 2.68 bits per heavy atom. The summed E-state index contributed by atoms with van der Waals surface area (Å²) in [5, 5.41) is 6.46. The fourth-order valence-corrected chi connectivity index (χ4v) is 4.15. The van der Waals surface area contributed by atoms with Crippen molar-refractivity contribution in [1.82, 2.24) is 15.4 Å². The molecule has 1 heterocycles. The first-order chi connectivity index (χ1) is 14.3. The number of sulfonamides is 1. The van der Waals surface area contributed by atoms with Gasteiger partial charge in [0, 0.05) is 38.8 Å². The lowest BCUT2D eigenvalue weighted by Gasteiger charge is -2.21. The summed E-state index contributed by atoms with van der Waals surface area (Å²) in [5.41, 5.74) is 1.17. The summed E-state index contributed by atoms with van der Waals surface area (Å²) in [6.07, 6.45) is 0.771. The largest absolute Gasteiger partial charge is 0.367 e. The minimum absolute atomic E-state index is 0. The maximum absolute atomic E-state index is 14.0. The Hall–Kier alpha value is -1.99. The number of rotatable bonds is 6. The van der Waals surface area contributed by atoms with Gasteiger partial charge in [-0.1, -0.05) is 12.1 Å². The Kier molecular flexibility index (Phi) is 9.01. The zero-order valence-electron chi connectivity index (χ0n) is 17.2. The maximum atomic E-state index is 14.0. The monoisotopic (exact) mass is 565 g/mol. The molecule has 3 N–H and O–H groups in total. The van der Waals surface area contributed by atoms with Crippen LogP contribution in [0.2, 0.25) is 0 Å². The molecule has 7 nitrogen and oxygen atoms in total. The molecule has 1 aliphatic rings. The Morgan fingerprint density at radius 1 is 1.23 bits per heavy atom. The number of benzene rings is 2. The summed E-state index contributed by atoms with van der Waals surface area (Å²) in [7, 11) is -0.493. The average Bonchev–Trinajstić information content (AvgIpc) is 3.19. The van der Waals surface area contributed by atoms with Gasteiger partial charge in [-0.15, -0.1) is 24.0 Å². The van der Waals surface area contributed by atoms with Gasteiger partial charge in [0.05, 0.1) is 10.6 Å². The van der Waals surface area contributed by atoms with E-state index in [1.165, 1.54) is 25.2 Å². The number of nitrogens with zero attached hydrogens (tertiary/aromatic N) is 2. The Balaban J connectivity index is 0.00000341. The standard InChI is InChI=1S/C20H25F2N5O2S.HI/c1-23-20(25-12-14-4-3-5-17(10-14)30(28,29)24-2)26-16-8-9-27(13-16)19-7-6-15(21)11-18(19)22;/h3-7,10-11,16,24H,8-9,12-13H2,1-2H3,(H2,23,25,26);1H. The third-order valence-electron chi connectivity index (χ3n) is 4.94. The summed E-state index contributed by atoms with van der Waals surface area (Å²) in [6, 6.07) is 10.3. The fraction of sp³-hybridized carbons (Fsp3) is 0.350. The molecule has 1 saturated heterocycles. The van der Waals surface area contributed by atoms with Gasteiger partial charge in [0.15, 0.2) is 5.96 Å².